The van der Waals surface area contributed by atoms with Crippen molar-refractivity contribution in [2.45, 2.75) is 37.3 Å². The Morgan fingerprint density at radius 1 is 1.41 bits per heavy atom. The molecule has 6 nitrogen and oxygen atoms in total. The van der Waals surface area contributed by atoms with Crippen molar-refractivity contribution in [3.8, 4) is 0 Å². The Kier molecular flexibility index (Phi) is 4.70. The van der Waals surface area contributed by atoms with Gasteiger partial charge in [0.1, 0.15) is 22.3 Å². The van der Waals surface area contributed by atoms with Crippen molar-refractivity contribution < 1.29 is 19.4 Å². The Morgan fingerprint density at radius 3 is 2.82 bits per heavy atom. The van der Waals surface area contributed by atoms with E-state index in [0.717, 1.165) is 36.0 Å². The van der Waals surface area contributed by atoms with Gasteiger partial charge in [0, 0.05) is 12.0 Å². The number of aromatic nitrogens is 1. The highest BCUT2D eigenvalue weighted by Gasteiger charge is 2.41. The van der Waals surface area contributed by atoms with Gasteiger partial charge in [0.05, 0.1) is 0 Å². The van der Waals surface area contributed by atoms with Gasteiger partial charge >= 0.3 is 5.97 Å². The summed E-state index contributed by atoms with van der Waals surface area (Å²) < 4.78 is 5.56. The predicted molar refractivity (Wildman–Crippen MR) is 84.4 cm³/mol. The molecule has 2 aliphatic rings. The number of aliphatic carboxylic acids is 1. The fraction of sp³-hybridized carbons (Fsp3) is 0.643. The van der Waals surface area contributed by atoms with Crippen LogP contribution in [0.1, 0.15) is 47.3 Å². The quantitative estimate of drug-likeness (QED) is 0.871. The summed E-state index contributed by atoms with van der Waals surface area (Å²) >= 11 is 3.11. The van der Waals surface area contributed by atoms with Gasteiger partial charge in [-0.3, -0.25) is 4.79 Å². The van der Waals surface area contributed by atoms with Crippen molar-refractivity contribution in [3.05, 3.63) is 16.1 Å². The number of nitrogens with zero attached hydrogens (tertiary/aromatic N) is 1. The Bertz CT molecular complexity index is 563. The van der Waals surface area contributed by atoms with Crippen LogP contribution in [-0.4, -0.2) is 45.6 Å². The molecule has 1 unspecified atom stereocenters. The second kappa shape index (κ2) is 6.55. The Balaban J connectivity index is 1.71. The number of carbonyl (C=O) groups is 2. The van der Waals surface area contributed by atoms with Crippen LogP contribution in [0, 0.1) is 0 Å². The third kappa shape index (κ3) is 3.13. The average Bonchev–Trinajstić information content (AvgIpc) is 3.19. The third-order valence-corrected chi connectivity index (χ3v) is 5.99. The molecule has 0 saturated carbocycles. The fourth-order valence-electron chi connectivity index (χ4n) is 2.71. The second-order valence-corrected chi connectivity index (χ2v) is 7.64. The van der Waals surface area contributed by atoms with E-state index in [4.69, 9.17) is 4.74 Å². The number of carboxylic acid groups (broad SMARTS) is 1. The number of carbonyl (C=O) groups excluding carboxylic acids is 1. The van der Waals surface area contributed by atoms with Crippen LogP contribution < -0.4 is 5.32 Å². The van der Waals surface area contributed by atoms with Crippen LogP contribution in [0.5, 0.6) is 0 Å². The molecule has 22 heavy (non-hydrogen) atoms. The van der Waals surface area contributed by atoms with Crippen molar-refractivity contribution in [2.24, 2.45) is 0 Å². The van der Waals surface area contributed by atoms with Gasteiger partial charge in [-0.1, -0.05) is 0 Å². The zero-order valence-electron chi connectivity index (χ0n) is 12.0. The number of nitrogens with one attached hydrogen (secondary N) is 1. The standard InChI is InChI=1S/C14H18N2O4S2/c17-11(16-14(13(18)19)3-6-21-7-4-14)9-8-22-12(15-9)10-2-1-5-20-10/h8,10H,1-7H2,(H,16,17)(H,18,19). The van der Waals surface area contributed by atoms with Crippen LogP contribution in [0.25, 0.3) is 0 Å². The zero-order chi connectivity index (χ0) is 15.6. The third-order valence-electron chi connectivity index (χ3n) is 4.07. The molecule has 8 heteroatoms. The minimum Gasteiger partial charge on any atom is -0.480 e. The first-order valence-electron chi connectivity index (χ1n) is 7.31. The molecule has 2 fully saturated rings. The van der Waals surface area contributed by atoms with Gasteiger partial charge in [0.2, 0.25) is 0 Å². The topological polar surface area (TPSA) is 88.5 Å². The number of thioether (sulfide) groups is 1. The Hall–Kier alpha value is -1.12. The Morgan fingerprint density at radius 2 is 2.18 bits per heavy atom. The van der Waals surface area contributed by atoms with Crippen LogP contribution in [0.15, 0.2) is 5.38 Å². The van der Waals surface area contributed by atoms with E-state index >= 15 is 0 Å². The van der Waals surface area contributed by atoms with E-state index in [1.54, 1.807) is 17.1 Å². The summed E-state index contributed by atoms with van der Waals surface area (Å²) in [6.45, 7) is 0.728. The largest absolute Gasteiger partial charge is 0.480 e. The molecular weight excluding hydrogens is 324 g/mol. The van der Waals surface area contributed by atoms with Crippen LogP contribution in [0.2, 0.25) is 0 Å². The van der Waals surface area contributed by atoms with E-state index in [0.29, 0.717) is 12.8 Å². The van der Waals surface area contributed by atoms with E-state index in [-0.39, 0.29) is 11.8 Å². The molecule has 1 amide bonds. The van der Waals surface area contributed by atoms with Crippen molar-refractivity contribution in [1.29, 1.82) is 0 Å². The molecule has 2 aliphatic heterocycles. The molecule has 0 radical (unpaired) electrons. The number of carboxylic acids is 1. The molecule has 2 saturated heterocycles. The number of hydrogen-bond acceptors (Lipinski definition) is 6. The van der Waals surface area contributed by atoms with Crippen molar-refractivity contribution in [1.82, 2.24) is 10.3 Å². The maximum absolute atomic E-state index is 12.4. The molecule has 0 bridgehead atoms. The van der Waals surface area contributed by atoms with E-state index in [9.17, 15) is 14.7 Å². The lowest BCUT2D eigenvalue weighted by molar-refractivity contribution is -0.144. The second-order valence-electron chi connectivity index (χ2n) is 5.53. The minimum absolute atomic E-state index is 0.0222. The molecule has 3 heterocycles. The van der Waals surface area contributed by atoms with Crippen LogP contribution >= 0.6 is 23.1 Å². The molecule has 1 aromatic rings. The summed E-state index contributed by atoms with van der Waals surface area (Å²) in [4.78, 5) is 28.3. The highest BCUT2D eigenvalue weighted by atomic mass is 32.2. The number of amides is 1. The number of ether oxygens (including phenoxy) is 1. The first-order valence-corrected chi connectivity index (χ1v) is 9.35. The van der Waals surface area contributed by atoms with Gasteiger partial charge in [0.15, 0.2) is 0 Å². The van der Waals surface area contributed by atoms with Crippen LogP contribution in [0.3, 0.4) is 0 Å². The molecule has 2 N–H and O–H groups in total. The first-order chi connectivity index (χ1) is 10.6. The van der Waals surface area contributed by atoms with Crippen molar-refractivity contribution in [2.75, 3.05) is 18.1 Å². The lowest BCUT2D eigenvalue weighted by atomic mass is 9.92. The summed E-state index contributed by atoms with van der Waals surface area (Å²) in [5, 5.41) is 14.7. The molecule has 1 aromatic heterocycles. The molecule has 3 rings (SSSR count). The SMILES string of the molecule is O=C(NC1(C(=O)O)CCSCC1)c1csc(C2CCCO2)n1. The van der Waals surface area contributed by atoms with Crippen molar-refractivity contribution in [3.63, 3.8) is 0 Å². The molecule has 0 aromatic carbocycles. The number of hydrogen-bond donors (Lipinski definition) is 2. The summed E-state index contributed by atoms with van der Waals surface area (Å²) in [5.41, 5.74) is -0.870. The average molecular weight is 342 g/mol. The number of rotatable bonds is 4. The van der Waals surface area contributed by atoms with E-state index in [2.05, 4.69) is 10.3 Å². The van der Waals surface area contributed by atoms with E-state index in [1.807, 2.05) is 0 Å². The summed E-state index contributed by atoms with van der Waals surface area (Å²) in [5.74, 6) is 0.112. The lowest BCUT2D eigenvalue weighted by Gasteiger charge is -2.33. The summed E-state index contributed by atoms with van der Waals surface area (Å²) in [6.07, 6.45) is 2.80. The monoisotopic (exact) mass is 342 g/mol. The van der Waals surface area contributed by atoms with Gasteiger partial charge in [-0.15, -0.1) is 11.3 Å². The molecule has 1 atom stereocenters. The van der Waals surface area contributed by atoms with Crippen molar-refractivity contribution >= 4 is 35.0 Å². The normalized spacial score (nSPS) is 24.1. The molecule has 0 spiro atoms. The van der Waals surface area contributed by atoms with E-state index in [1.165, 1.54) is 11.3 Å². The summed E-state index contributed by atoms with van der Waals surface area (Å²) in [7, 11) is 0. The highest BCUT2D eigenvalue weighted by molar-refractivity contribution is 7.99. The first kappa shape index (κ1) is 15.8. The lowest BCUT2D eigenvalue weighted by Crippen LogP contribution is -2.56. The van der Waals surface area contributed by atoms with E-state index < -0.39 is 17.4 Å². The summed E-state index contributed by atoms with van der Waals surface area (Å²) in [6, 6.07) is 0. The molecular formula is C14H18N2O4S2. The number of thiazole rings is 1. The van der Waals surface area contributed by atoms with Gasteiger partial charge < -0.3 is 15.2 Å². The Labute approximate surface area is 136 Å². The maximum atomic E-state index is 12.4. The van der Waals surface area contributed by atoms with Gasteiger partial charge in [-0.05, 0) is 37.2 Å². The fourth-order valence-corrected chi connectivity index (χ4v) is 4.78. The van der Waals surface area contributed by atoms with Crippen LogP contribution in [-0.2, 0) is 9.53 Å². The zero-order valence-corrected chi connectivity index (χ0v) is 13.7. The van der Waals surface area contributed by atoms with Gasteiger partial charge in [-0.25, -0.2) is 9.78 Å². The van der Waals surface area contributed by atoms with Gasteiger partial charge in [-0.2, -0.15) is 11.8 Å². The van der Waals surface area contributed by atoms with Crippen LogP contribution in [0.4, 0.5) is 0 Å². The maximum Gasteiger partial charge on any atom is 0.329 e. The minimum atomic E-state index is -1.16. The molecule has 0 aliphatic carbocycles. The highest BCUT2D eigenvalue weighted by Crippen LogP contribution is 2.31. The van der Waals surface area contributed by atoms with Gasteiger partial charge in [0.25, 0.3) is 5.91 Å². The smallest absolute Gasteiger partial charge is 0.329 e. The predicted octanol–water partition coefficient (Wildman–Crippen LogP) is 2.07. The molecule has 120 valence electrons.